The lowest BCUT2D eigenvalue weighted by atomic mass is 9.92. The Bertz CT molecular complexity index is 490. The largest absolute Gasteiger partial charge is 0.461 e. The van der Waals surface area contributed by atoms with Gasteiger partial charge in [0.1, 0.15) is 5.69 Å². The summed E-state index contributed by atoms with van der Waals surface area (Å²) in [5.41, 5.74) is 0.347. The van der Waals surface area contributed by atoms with Gasteiger partial charge in [-0.3, -0.25) is 4.79 Å². The molecule has 2 rings (SSSR count). The fourth-order valence-electron chi connectivity index (χ4n) is 2.65. The molecule has 2 atom stereocenters. The molecule has 0 radical (unpaired) electrons. The van der Waals surface area contributed by atoms with Gasteiger partial charge < -0.3 is 9.64 Å². The number of carbonyl (C=O) groups excluding carboxylic acids is 2. The summed E-state index contributed by atoms with van der Waals surface area (Å²) in [5.74, 6) is 0.462. The number of nitrogens with zero attached hydrogens (tertiary/aromatic N) is 2. The fraction of sp³-hybridized carbons (Fsp3) is 0.643. The molecule has 20 heavy (non-hydrogen) atoms. The van der Waals surface area contributed by atoms with Crippen LogP contribution in [0.5, 0.6) is 0 Å². The van der Waals surface area contributed by atoms with Crippen molar-refractivity contribution in [3.05, 3.63) is 16.1 Å². The minimum atomic E-state index is -0.461. The third kappa shape index (κ3) is 3.36. The molecule has 2 unspecified atom stereocenters. The molecule has 0 saturated carbocycles. The summed E-state index contributed by atoms with van der Waals surface area (Å²) in [7, 11) is 0. The number of ether oxygens (including phenoxy) is 1. The van der Waals surface area contributed by atoms with Crippen molar-refractivity contribution in [1.82, 2.24) is 9.88 Å². The van der Waals surface area contributed by atoms with Crippen molar-refractivity contribution in [2.45, 2.75) is 27.2 Å². The Balaban J connectivity index is 2.07. The predicted molar refractivity (Wildman–Crippen MR) is 76.9 cm³/mol. The van der Waals surface area contributed by atoms with Crippen LogP contribution < -0.4 is 0 Å². The van der Waals surface area contributed by atoms with E-state index < -0.39 is 5.97 Å². The minimum absolute atomic E-state index is 0.0878. The number of piperidine rings is 1. The lowest BCUT2D eigenvalue weighted by molar-refractivity contribution is 0.0525. The van der Waals surface area contributed by atoms with Crippen molar-refractivity contribution < 1.29 is 14.3 Å². The molecule has 110 valence electrons. The first-order valence-corrected chi connectivity index (χ1v) is 7.81. The molecule has 0 aromatic carbocycles. The molecule has 1 aromatic heterocycles. The normalized spacial score (nSPS) is 22.6. The monoisotopic (exact) mass is 296 g/mol. The Morgan fingerprint density at radius 3 is 2.65 bits per heavy atom. The van der Waals surface area contributed by atoms with Gasteiger partial charge in [-0.05, 0) is 25.2 Å². The first kappa shape index (κ1) is 15.0. The van der Waals surface area contributed by atoms with Crippen molar-refractivity contribution in [3.63, 3.8) is 0 Å². The topological polar surface area (TPSA) is 59.5 Å². The first-order valence-electron chi connectivity index (χ1n) is 6.93. The summed E-state index contributed by atoms with van der Waals surface area (Å²) in [6.45, 7) is 7.88. The van der Waals surface area contributed by atoms with E-state index in [9.17, 15) is 9.59 Å². The number of amides is 1. The second kappa shape index (κ2) is 6.35. The van der Waals surface area contributed by atoms with E-state index in [-0.39, 0.29) is 10.9 Å². The number of hydrogen-bond acceptors (Lipinski definition) is 5. The average Bonchev–Trinajstić information content (AvgIpc) is 2.86. The predicted octanol–water partition coefficient (Wildman–Crippen LogP) is 2.44. The summed E-state index contributed by atoms with van der Waals surface area (Å²) in [6.07, 6.45) is 1.15. The third-order valence-electron chi connectivity index (χ3n) is 3.33. The third-order valence-corrected chi connectivity index (χ3v) is 4.15. The van der Waals surface area contributed by atoms with E-state index in [1.807, 2.05) is 4.90 Å². The van der Waals surface area contributed by atoms with Crippen LogP contribution in [0, 0.1) is 11.8 Å². The molecule has 0 spiro atoms. The highest BCUT2D eigenvalue weighted by molar-refractivity contribution is 7.11. The summed E-state index contributed by atoms with van der Waals surface area (Å²) in [6, 6.07) is 0. The number of aromatic nitrogens is 1. The Kier molecular flexibility index (Phi) is 4.75. The maximum atomic E-state index is 12.4. The molecule has 0 aliphatic carbocycles. The van der Waals surface area contributed by atoms with Gasteiger partial charge in [0, 0.05) is 18.5 Å². The number of carbonyl (C=O) groups is 2. The van der Waals surface area contributed by atoms with Crippen LogP contribution in [0.3, 0.4) is 0 Å². The van der Waals surface area contributed by atoms with Crippen molar-refractivity contribution in [3.8, 4) is 0 Å². The Hall–Kier alpha value is -1.43. The molecule has 6 heteroatoms. The minimum Gasteiger partial charge on any atom is -0.461 e. The maximum Gasteiger partial charge on any atom is 0.367 e. The van der Waals surface area contributed by atoms with Crippen LogP contribution in [0.15, 0.2) is 5.38 Å². The molecular formula is C14H20N2O3S. The molecular weight excluding hydrogens is 276 g/mol. The number of thiazole rings is 1. The lowest BCUT2D eigenvalue weighted by Crippen LogP contribution is -2.42. The van der Waals surface area contributed by atoms with Gasteiger partial charge in [0.2, 0.25) is 5.01 Å². The molecule has 0 N–H and O–H groups in total. The molecule has 2 heterocycles. The first-order chi connectivity index (χ1) is 9.51. The van der Waals surface area contributed by atoms with Gasteiger partial charge in [0.05, 0.1) is 6.61 Å². The maximum absolute atomic E-state index is 12.4. The highest BCUT2D eigenvalue weighted by Gasteiger charge is 2.28. The molecule has 1 aromatic rings. The fourth-order valence-corrected chi connectivity index (χ4v) is 3.33. The Labute approximate surface area is 122 Å². The molecule has 0 bridgehead atoms. The molecule has 1 aliphatic heterocycles. The molecule has 1 amide bonds. The van der Waals surface area contributed by atoms with Crippen LogP contribution in [0.1, 0.15) is 47.5 Å². The molecule has 1 fully saturated rings. The SMILES string of the molecule is CCOC(=O)c1nc(C(=O)N2CC(C)CC(C)C2)cs1. The van der Waals surface area contributed by atoms with Crippen LogP contribution in [-0.2, 0) is 4.74 Å². The summed E-state index contributed by atoms with van der Waals surface area (Å²) < 4.78 is 4.88. The van der Waals surface area contributed by atoms with E-state index in [0.29, 0.717) is 24.1 Å². The smallest absolute Gasteiger partial charge is 0.367 e. The van der Waals surface area contributed by atoms with Crippen LogP contribution in [-0.4, -0.2) is 41.5 Å². The highest BCUT2D eigenvalue weighted by Crippen LogP contribution is 2.23. The van der Waals surface area contributed by atoms with Crippen LogP contribution >= 0.6 is 11.3 Å². The van der Waals surface area contributed by atoms with Crippen molar-refractivity contribution in [2.75, 3.05) is 19.7 Å². The highest BCUT2D eigenvalue weighted by atomic mass is 32.1. The van der Waals surface area contributed by atoms with Gasteiger partial charge in [-0.2, -0.15) is 0 Å². The quantitative estimate of drug-likeness (QED) is 0.804. The van der Waals surface area contributed by atoms with E-state index >= 15 is 0 Å². The second-order valence-corrected chi connectivity index (χ2v) is 6.27. The van der Waals surface area contributed by atoms with Crippen molar-refractivity contribution in [1.29, 1.82) is 0 Å². The van der Waals surface area contributed by atoms with Crippen LogP contribution in [0.2, 0.25) is 0 Å². The average molecular weight is 296 g/mol. The molecule has 1 aliphatic rings. The molecule has 5 nitrogen and oxygen atoms in total. The number of hydrogen-bond donors (Lipinski definition) is 0. The van der Waals surface area contributed by atoms with Gasteiger partial charge in [-0.25, -0.2) is 9.78 Å². The lowest BCUT2D eigenvalue weighted by Gasteiger charge is -2.34. The van der Waals surface area contributed by atoms with Gasteiger partial charge in [0.15, 0.2) is 0 Å². The van der Waals surface area contributed by atoms with E-state index in [4.69, 9.17) is 4.74 Å². The zero-order chi connectivity index (χ0) is 14.7. The van der Waals surface area contributed by atoms with Gasteiger partial charge >= 0.3 is 5.97 Å². The van der Waals surface area contributed by atoms with Gasteiger partial charge in [0.25, 0.3) is 5.91 Å². The standard InChI is InChI=1S/C14H20N2O3S/c1-4-19-14(18)12-15-11(8-20-12)13(17)16-6-9(2)5-10(3)7-16/h8-10H,4-7H2,1-3H3. The number of esters is 1. The van der Waals surface area contributed by atoms with Crippen molar-refractivity contribution >= 4 is 23.2 Å². The Morgan fingerprint density at radius 2 is 2.05 bits per heavy atom. The van der Waals surface area contributed by atoms with E-state index in [2.05, 4.69) is 18.8 Å². The number of likely N-dealkylation sites (tertiary alicyclic amines) is 1. The van der Waals surface area contributed by atoms with Crippen LogP contribution in [0.25, 0.3) is 0 Å². The summed E-state index contributed by atoms with van der Waals surface area (Å²) in [5, 5.41) is 1.88. The molecule has 1 saturated heterocycles. The zero-order valence-corrected chi connectivity index (χ0v) is 12.9. The summed E-state index contributed by atoms with van der Waals surface area (Å²) in [4.78, 5) is 29.9. The van der Waals surface area contributed by atoms with Gasteiger partial charge in [-0.15, -0.1) is 11.3 Å². The van der Waals surface area contributed by atoms with E-state index in [1.165, 1.54) is 0 Å². The summed E-state index contributed by atoms with van der Waals surface area (Å²) >= 11 is 1.16. The van der Waals surface area contributed by atoms with Gasteiger partial charge in [-0.1, -0.05) is 13.8 Å². The van der Waals surface area contributed by atoms with E-state index in [1.54, 1.807) is 12.3 Å². The van der Waals surface area contributed by atoms with Crippen molar-refractivity contribution in [2.24, 2.45) is 11.8 Å². The Morgan fingerprint density at radius 1 is 1.40 bits per heavy atom. The zero-order valence-electron chi connectivity index (χ0n) is 12.1. The second-order valence-electron chi connectivity index (χ2n) is 5.41. The number of rotatable bonds is 3. The van der Waals surface area contributed by atoms with E-state index in [0.717, 1.165) is 30.8 Å². The van der Waals surface area contributed by atoms with Crippen LogP contribution in [0.4, 0.5) is 0 Å².